The van der Waals surface area contributed by atoms with Crippen LogP contribution in [0.5, 0.6) is 0 Å². The molecule has 0 aliphatic rings. The van der Waals surface area contributed by atoms with E-state index in [1.54, 1.807) is 6.07 Å². The monoisotopic (exact) mass is 240 g/mol. The van der Waals surface area contributed by atoms with E-state index >= 15 is 0 Å². The summed E-state index contributed by atoms with van der Waals surface area (Å²) in [7, 11) is 0. The highest BCUT2D eigenvalue weighted by atomic mass is 35.5. The van der Waals surface area contributed by atoms with Crippen LogP contribution in [0.25, 0.3) is 11.1 Å². The van der Waals surface area contributed by atoms with Crippen LogP contribution in [0.1, 0.15) is 0 Å². The molecule has 0 radical (unpaired) electrons. The Balaban J connectivity index is 2.60. The van der Waals surface area contributed by atoms with Crippen molar-refractivity contribution in [2.75, 3.05) is 0 Å². The molecule has 0 fully saturated rings. The van der Waals surface area contributed by atoms with E-state index in [2.05, 4.69) is 0 Å². The Morgan fingerprint density at radius 2 is 1.47 bits per heavy atom. The summed E-state index contributed by atoms with van der Waals surface area (Å²) >= 11 is 11.7. The van der Waals surface area contributed by atoms with Crippen LogP contribution in [-0.2, 0) is 0 Å². The van der Waals surface area contributed by atoms with Gasteiger partial charge in [-0.3, -0.25) is 0 Å². The lowest BCUT2D eigenvalue weighted by atomic mass is 10.1. The highest BCUT2D eigenvalue weighted by Crippen LogP contribution is 2.34. The van der Waals surface area contributed by atoms with Crippen LogP contribution in [0.2, 0.25) is 10.0 Å². The molecule has 0 saturated heterocycles. The number of rotatable bonds is 1. The normalized spacial score (nSPS) is 10.3. The van der Waals surface area contributed by atoms with Crippen LogP contribution in [0.15, 0.2) is 42.5 Å². The molecule has 0 nitrogen and oxygen atoms in total. The van der Waals surface area contributed by atoms with Crippen LogP contribution in [-0.4, -0.2) is 0 Å². The van der Waals surface area contributed by atoms with Crippen molar-refractivity contribution in [2.45, 2.75) is 0 Å². The van der Waals surface area contributed by atoms with Crippen LogP contribution in [0.3, 0.4) is 0 Å². The SMILES string of the molecule is Fc1ccc(-c2ccccc2)c(Cl)c1Cl. The molecule has 0 aliphatic carbocycles. The van der Waals surface area contributed by atoms with Crippen LogP contribution in [0, 0.1) is 5.82 Å². The van der Waals surface area contributed by atoms with Crippen molar-refractivity contribution in [3.8, 4) is 11.1 Å². The van der Waals surface area contributed by atoms with E-state index < -0.39 is 5.82 Å². The Morgan fingerprint density at radius 3 is 2.13 bits per heavy atom. The quantitative estimate of drug-likeness (QED) is 0.629. The van der Waals surface area contributed by atoms with E-state index in [-0.39, 0.29) is 10.0 Å². The van der Waals surface area contributed by atoms with Crippen LogP contribution < -0.4 is 0 Å². The number of hydrogen-bond acceptors (Lipinski definition) is 0. The fraction of sp³-hybridized carbons (Fsp3) is 0. The molecule has 0 heterocycles. The highest BCUT2D eigenvalue weighted by Gasteiger charge is 2.10. The minimum Gasteiger partial charge on any atom is -0.205 e. The van der Waals surface area contributed by atoms with Gasteiger partial charge in [0.2, 0.25) is 0 Å². The summed E-state index contributed by atoms with van der Waals surface area (Å²) in [6.07, 6.45) is 0. The Labute approximate surface area is 97.3 Å². The largest absolute Gasteiger partial charge is 0.205 e. The molecule has 3 heteroatoms. The zero-order chi connectivity index (χ0) is 10.8. The molecule has 0 N–H and O–H groups in total. The maximum Gasteiger partial charge on any atom is 0.143 e. The molecule has 0 unspecified atom stereocenters. The molecule has 2 rings (SSSR count). The predicted octanol–water partition coefficient (Wildman–Crippen LogP) is 4.80. The van der Waals surface area contributed by atoms with Crippen molar-refractivity contribution in [2.24, 2.45) is 0 Å². The van der Waals surface area contributed by atoms with E-state index in [9.17, 15) is 4.39 Å². The van der Waals surface area contributed by atoms with Gasteiger partial charge in [-0.05, 0) is 17.7 Å². The Bertz CT molecular complexity index is 480. The molecule has 76 valence electrons. The van der Waals surface area contributed by atoms with Gasteiger partial charge in [0, 0.05) is 5.56 Å². The summed E-state index contributed by atoms with van der Waals surface area (Å²) in [5.41, 5.74) is 1.66. The van der Waals surface area contributed by atoms with Gasteiger partial charge in [0.15, 0.2) is 0 Å². The van der Waals surface area contributed by atoms with Gasteiger partial charge < -0.3 is 0 Å². The summed E-state index contributed by atoms with van der Waals surface area (Å²) < 4.78 is 13.1. The first kappa shape index (κ1) is 10.5. The third kappa shape index (κ3) is 1.99. The first-order valence-corrected chi connectivity index (χ1v) is 5.14. The molecule has 2 aromatic rings. The number of halogens is 3. The van der Waals surface area contributed by atoms with Gasteiger partial charge in [-0.2, -0.15) is 0 Å². The molecule has 0 spiro atoms. The maximum atomic E-state index is 13.1. The van der Waals surface area contributed by atoms with Crippen molar-refractivity contribution < 1.29 is 4.39 Å². The first-order valence-electron chi connectivity index (χ1n) is 4.39. The Kier molecular flexibility index (Phi) is 2.94. The summed E-state index contributed by atoms with van der Waals surface area (Å²) in [4.78, 5) is 0. The number of hydrogen-bond donors (Lipinski definition) is 0. The van der Waals surface area contributed by atoms with Crippen molar-refractivity contribution in [1.29, 1.82) is 0 Å². The van der Waals surface area contributed by atoms with Crippen molar-refractivity contribution in [3.05, 3.63) is 58.3 Å². The third-order valence-corrected chi connectivity index (χ3v) is 2.98. The number of benzene rings is 2. The van der Waals surface area contributed by atoms with Crippen LogP contribution in [0.4, 0.5) is 4.39 Å². The van der Waals surface area contributed by atoms with Gasteiger partial charge in [-0.1, -0.05) is 53.5 Å². The second kappa shape index (κ2) is 4.21. The summed E-state index contributed by atoms with van der Waals surface area (Å²) in [6, 6.07) is 12.4. The van der Waals surface area contributed by atoms with Crippen LogP contribution >= 0.6 is 23.2 Å². The van der Waals surface area contributed by atoms with E-state index in [1.807, 2.05) is 30.3 Å². The van der Waals surface area contributed by atoms with Gasteiger partial charge in [-0.25, -0.2) is 4.39 Å². The van der Waals surface area contributed by atoms with E-state index in [0.29, 0.717) is 0 Å². The summed E-state index contributed by atoms with van der Waals surface area (Å²) in [6.45, 7) is 0. The predicted molar refractivity (Wildman–Crippen MR) is 61.9 cm³/mol. The Hall–Kier alpha value is -1.05. The van der Waals surface area contributed by atoms with E-state index in [0.717, 1.165) is 11.1 Å². The average molecular weight is 241 g/mol. The molecule has 2 aromatic carbocycles. The third-order valence-electron chi connectivity index (χ3n) is 2.12. The van der Waals surface area contributed by atoms with Gasteiger partial charge >= 0.3 is 0 Å². The Morgan fingerprint density at radius 1 is 0.800 bits per heavy atom. The van der Waals surface area contributed by atoms with Crippen molar-refractivity contribution in [1.82, 2.24) is 0 Å². The fourth-order valence-corrected chi connectivity index (χ4v) is 1.79. The molecule has 0 aromatic heterocycles. The highest BCUT2D eigenvalue weighted by molar-refractivity contribution is 6.43. The molecule has 0 saturated carbocycles. The fourth-order valence-electron chi connectivity index (χ4n) is 1.37. The lowest BCUT2D eigenvalue weighted by Crippen LogP contribution is -1.83. The summed E-state index contributed by atoms with van der Waals surface area (Å²) in [5.74, 6) is -0.499. The van der Waals surface area contributed by atoms with Gasteiger partial charge in [0.1, 0.15) is 5.82 Å². The molecule has 0 bridgehead atoms. The molecular weight excluding hydrogens is 234 g/mol. The topological polar surface area (TPSA) is 0 Å². The second-order valence-electron chi connectivity index (χ2n) is 3.09. The molecule has 0 amide bonds. The standard InChI is InChI=1S/C12H7Cl2F/c13-11-9(6-7-10(15)12(11)14)8-4-2-1-3-5-8/h1-7H. The maximum absolute atomic E-state index is 13.1. The smallest absolute Gasteiger partial charge is 0.143 e. The molecular formula is C12H7Cl2F. The minimum atomic E-state index is -0.499. The van der Waals surface area contributed by atoms with Gasteiger partial charge in [-0.15, -0.1) is 0 Å². The summed E-state index contributed by atoms with van der Waals surface area (Å²) in [5, 5.41) is 0.223. The average Bonchev–Trinajstić information content (AvgIpc) is 2.27. The zero-order valence-corrected chi connectivity index (χ0v) is 9.19. The lowest BCUT2D eigenvalue weighted by molar-refractivity contribution is 0.628. The van der Waals surface area contributed by atoms with Crippen molar-refractivity contribution in [3.63, 3.8) is 0 Å². The van der Waals surface area contributed by atoms with Gasteiger partial charge in [0.05, 0.1) is 10.0 Å². The molecule has 0 aliphatic heterocycles. The zero-order valence-electron chi connectivity index (χ0n) is 7.68. The van der Waals surface area contributed by atoms with Gasteiger partial charge in [0.25, 0.3) is 0 Å². The molecule has 0 atom stereocenters. The second-order valence-corrected chi connectivity index (χ2v) is 3.84. The molecule has 15 heavy (non-hydrogen) atoms. The first-order chi connectivity index (χ1) is 7.20. The van der Waals surface area contributed by atoms with E-state index in [1.165, 1.54) is 6.07 Å². The van der Waals surface area contributed by atoms with Crippen molar-refractivity contribution >= 4 is 23.2 Å². The lowest BCUT2D eigenvalue weighted by Gasteiger charge is -2.06. The minimum absolute atomic E-state index is 0.0296. The van der Waals surface area contributed by atoms with E-state index in [4.69, 9.17) is 23.2 Å².